The minimum absolute atomic E-state index is 0.0181. The van der Waals surface area contributed by atoms with Gasteiger partial charge in [0.1, 0.15) is 0 Å². The average molecular weight is 377 g/mol. The first-order valence-corrected chi connectivity index (χ1v) is 11.0. The lowest BCUT2D eigenvalue weighted by atomic mass is 10.1. The monoisotopic (exact) mass is 376 g/mol. The van der Waals surface area contributed by atoms with E-state index in [1.54, 1.807) is 35.6 Å². The van der Waals surface area contributed by atoms with Gasteiger partial charge in [-0.05, 0) is 65.9 Å². The predicted octanol–water partition coefficient (Wildman–Crippen LogP) is 3.09. The van der Waals surface area contributed by atoms with E-state index in [0.29, 0.717) is 36.8 Å². The first kappa shape index (κ1) is 16.6. The van der Waals surface area contributed by atoms with Crippen molar-refractivity contribution >= 4 is 33.0 Å². The zero-order chi connectivity index (χ0) is 17.4. The van der Waals surface area contributed by atoms with Gasteiger partial charge in [-0.1, -0.05) is 0 Å². The maximum atomic E-state index is 12.9. The molecule has 5 nitrogen and oxygen atoms in total. The summed E-state index contributed by atoms with van der Waals surface area (Å²) in [6.45, 7) is 1.15. The summed E-state index contributed by atoms with van der Waals surface area (Å²) in [5.41, 5.74) is 2.41. The molecule has 2 aliphatic rings. The number of nitrogens with zero attached hydrogens (tertiary/aromatic N) is 2. The molecule has 0 N–H and O–H groups in total. The van der Waals surface area contributed by atoms with Crippen molar-refractivity contribution in [3.63, 3.8) is 0 Å². The number of hydrogen-bond acceptors (Lipinski definition) is 4. The van der Waals surface area contributed by atoms with Gasteiger partial charge in [-0.3, -0.25) is 9.10 Å². The molecule has 4 rings (SSSR count). The number of rotatable bonds is 5. The Morgan fingerprint density at radius 1 is 1.20 bits per heavy atom. The van der Waals surface area contributed by atoms with Gasteiger partial charge in [0.2, 0.25) is 10.0 Å². The van der Waals surface area contributed by atoms with Crippen LogP contribution in [0.1, 0.15) is 35.2 Å². The summed E-state index contributed by atoms with van der Waals surface area (Å²) in [7, 11) is -3.19. The minimum Gasteiger partial charge on any atom is -0.331 e. The zero-order valence-corrected chi connectivity index (χ0v) is 15.4. The number of carbonyl (C=O) groups is 1. The van der Waals surface area contributed by atoms with Crippen LogP contribution in [-0.4, -0.2) is 37.6 Å². The van der Waals surface area contributed by atoms with Crippen molar-refractivity contribution in [3.8, 4) is 0 Å². The van der Waals surface area contributed by atoms with E-state index < -0.39 is 10.0 Å². The second-order valence-corrected chi connectivity index (χ2v) is 9.38. The molecule has 1 aromatic carbocycles. The lowest BCUT2D eigenvalue weighted by Crippen LogP contribution is -2.32. The summed E-state index contributed by atoms with van der Waals surface area (Å²) in [6.07, 6.45) is 2.76. The smallest absolute Gasteiger partial charge is 0.254 e. The first-order valence-electron chi connectivity index (χ1n) is 8.47. The highest BCUT2D eigenvalue weighted by atomic mass is 32.2. The van der Waals surface area contributed by atoms with Gasteiger partial charge in [0.15, 0.2) is 0 Å². The van der Waals surface area contributed by atoms with Crippen molar-refractivity contribution in [2.45, 2.75) is 31.8 Å². The van der Waals surface area contributed by atoms with E-state index in [9.17, 15) is 13.2 Å². The Hall–Kier alpha value is -1.86. The third-order valence-electron chi connectivity index (χ3n) is 4.68. The Balaban J connectivity index is 1.53. The maximum Gasteiger partial charge on any atom is 0.254 e. The van der Waals surface area contributed by atoms with Gasteiger partial charge >= 0.3 is 0 Å². The third-order valence-corrected chi connectivity index (χ3v) is 7.28. The molecule has 1 aromatic heterocycles. The van der Waals surface area contributed by atoms with E-state index >= 15 is 0 Å². The number of thiophene rings is 1. The second kappa shape index (κ2) is 6.46. The number of amides is 1. The van der Waals surface area contributed by atoms with Crippen molar-refractivity contribution in [1.29, 1.82) is 0 Å². The molecule has 25 heavy (non-hydrogen) atoms. The highest BCUT2D eigenvalue weighted by molar-refractivity contribution is 7.93. The molecule has 0 unspecified atom stereocenters. The molecule has 1 aliphatic carbocycles. The quantitative estimate of drug-likeness (QED) is 0.806. The fraction of sp³-hybridized carbons (Fsp3) is 0.389. The Labute approximate surface area is 151 Å². The van der Waals surface area contributed by atoms with E-state index in [4.69, 9.17) is 0 Å². The molecule has 1 amide bonds. The van der Waals surface area contributed by atoms with Gasteiger partial charge in [-0.2, -0.15) is 11.3 Å². The molecule has 2 heterocycles. The summed E-state index contributed by atoms with van der Waals surface area (Å²) in [5, 5.41) is 4.10. The number of anilines is 1. The summed E-state index contributed by atoms with van der Waals surface area (Å²) >= 11 is 1.64. The SMILES string of the molecule is O=C(c1ccc(N2CCCS2(=O)=O)cc1)N(Cc1ccsc1)C1CC1. The van der Waals surface area contributed by atoms with Crippen LogP contribution in [0.4, 0.5) is 5.69 Å². The lowest BCUT2D eigenvalue weighted by Gasteiger charge is -2.23. The van der Waals surface area contributed by atoms with Crippen LogP contribution in [0.25, 0.3) is 0 Å². The molecular formula is C18H20N2O3S2. The normalized spacial score (nSPS) is 19.1. The van der Waals surface area contributed by atoms with E-state index in [1.165, 1.54) is 4.31 Å². The molecule has 0 atom stereocenters. The van der Waals surface area contributed by atoms with Gasteiger partial charge < -0.3 is 4.90 Å². The molecule has 7 heteroatoms. The molecule has 132 valence electrons. The Kier molecular flexibility index (Phi) is 4.29. The Morgan fingerprint density at radius 3 is 2.52 bits per heavy atom. The molecule has 1 saturated heterocycles. The van der Waals surface area contributed by atoms with Crippen molar-refractivity contribution in [1.82, 2.24) is 4.90 Å². The van der Waals surface area contributed by atoms with E-state index in [2.05, 4.69) is 11.4 Å². The van der Waals surface area contributed by atoms with E-state index in [1.807, 2.05) is 10.3 Å². The molecule has 2 fully saturated rings. The fourth-order valence-corrected chi connectivity index (χ4v) is 5.42. The molecule has 0 spiro atoms. The number of carbonyl (C=O) groups excluding carboxylic acids is 1. The van der Waals surface area contributed by atoms with Gasteiger partial charge in [0.05, 0.1) is 11.4 Å². The molecule has 0 radical (unpaired) electrons. The van der Waals surface area contributed by atoms with Gasteiger partial charge in [0.25, 0.3) is 5.91 Å². The van der Waals surface area contributed by atoms with Crippen LogP contribution in [0.15, 0.2) is 41.1 Å². The third kappa shape index (κ3) is 3.43. The first-order chi connectivity index (χ1) is 12.0. The second-order valence-electron chi connectivity index (χ2n) is 6.58. The maximum absolute atomic E-state index is 12.9. The lowest BCUT2D eigenvalue weighted by molar-refractivity contribution is 0.0730. The molecule has 2 aromatic rings. The van der Waals surface area contributed by atoms with Crippen molar-refractivity contribution in [3.05, 3.63) is 52.2 Å². The van der Waals surface area contributed by atoms with Crippen LogP contribution < -0.4 is 4.31 Å². The standard InChI is InChI=1S/C18H20N2O3S2/c21-18(19(16-6-7-16)12-14-8-10-24-13-14)15-2-4-17(5-3-15)20-9-1-11-25(20,22)23/h2-5,8,10,13,16H,1,6-7,9,11-12H2. The van der Waals surface area contributed by atoms with Crippen LogP contribution in [0.5, 0.6) is 0 Å². The molecule has 1 saturated carbocycles. The van der Waals surface area contributed by atoms with Crippen molar-refractivity contribution < 1.29 is 13.2 Å². The van der Waals surface area contributed by atoms with Crippen molar-refractivity contribution in [2.24, 2.45) is 0 Å². The minimum atomic E-state index is -3.19. The van der Waals surface area contributed by atoms with Crippen LogP contribution in [0.3, 0.4) is 0 Å². The van der Waals surface area contributed by atoms with Gasteiger partial charge in [-0.25, -0.2) is 8.42 Å². The predicted molar refractivity (Wildman–Crippen MR) is 99.4 cm³/mol. The van der Waals surface area contributed by atoms with Gasteiger partial charge in [-0.15, -0.1) is 0 Å². The Morgan fingerprint density at radius 2 is 1.96 bits per heavy atom. The summed E-state index contributed by atoms with van der Waals surface area (Å²) in [5.74, 6) is 0.216. The summed E-state index contributed by atoms with van der Waals surface area (Å²) in [4.78, 5) is 14.8. The molecule has 1 aliphatic heterocycles. The highest BCUT2D eigenvalue weighted by Gasteiger charge is 2.33. The van der Waals surface area contributed by atoms with Crippen LogP contribution >= 0.6 is 11.3 Å². The summed E-state index contributed by atoms with van der Waals surface area (Å²) < 4.78 is 25.5. The zero-order valence-electron chi connectivity index (χ0n) is 13.8. The molecular weight excluding hydrogens is 356 g/mol. The Bertz CT molecular complexity index is 856. The molecule has 0 bridgehead atoms. The number of benzene rings is 1. The van der Waals surface area contributed by atoms with E-state index in [0.717, 1.165) is 18.4 Å². The summed E-state index contributed by atoms with van der Waals surface area (Å²) in [6, 6.07) is 9.35. The topological polar surface area (TPSA) is 57.7 Å². The average Bonchev–Trinajstić information content (AvgIpc) is 3.19. The van der Waals surface area contributed by atoms with E-state index in [-0.39, 0.29) is 11.7 Å². The highest BCUT2D eigenvalue weighted by Crippen LogP contribution is 2.31. The van der Waals surface area contributed by atoms with Crippen LogP contribution in [0, 0.1) is 0 Å². The number of hydrogen-bond donors (Lipinski definition) is 0. The fourth-order valence-electron chi connectivity index (χ4n) is 3.20. The van der Waals surface area contributed by atoms with Crippen LogP contribution in [0.2, 0.25) is 0 Å². The van der Waals surface area contributed by atoms with Crippen LogP contribution in [-0.2, 0) is 16.6 Å². The largest absolute Gasteiger partial charge is 0.331 e. The number of sulfonamides is 1. The van der Waals surface area contributed by atoms with Crippen molar-refractivity contribution in [2.75, 3.05) is 16.6 Å². The van der Waals surface area contributed by atoms with Gasteiger partial charge in [0, 0.05) is 24.7 Å².